The zero-order valence-electron chi connectivity index (χ0n) is 15.5. The van der Waals surface area contributed by atoms with Crippen LogP contribution in [0.4, 0.5) is 0 Å². The summed E-state index contributed by atoms with van der Waals surface area (Å²) >= 11 is 0. The van der Waals surface area contributed by atoms with E-state index >= 15 is 0 Å². The van der Waals surface area contributed by atoms with Crippen molar-refractivity contribution in [2.45, 2.75) is 53.1 Å². The average Bonchev–Trinajstić information content (AvgIpc) is 2.55. The minimum atomic E-state index is 0.425. The maximum absolute atomic E-state index is 4.33. The van der Waals surface area contributed by atoms with Crippen LogP contribution >= 0.6 is 0 Å². The number of rotatable bonds is 9. The first-order chi connectivity index (χ1) is 11.1. The highest BCUT2D eigenvalue weighted by molar-refractivity contribution is 5.79. The number of aryl methyl sites for hydroxylation is 1. The molecule has 1 aromatic carbocycles. The van der Waals surface area contributed by atoms with Gasteiger partial charge in [-0.25, -0.2) is 0 Å². The normalized spacial score (nSPS) is 13.2. The largest absolute Gasteiger partial charge is 0.354 e. The molecule has 0 bridgehead atoms. The Morgan fingerprint density at radius 3 is 2.61 bits per heavy atom. The maximum atomic E-state index is 4.33. The van der Waals surface area contributed by atoms with E-state index in [-0.39, 0.29) is 0 Å². The third-order valence-electron chi connectivity index (χ3n) is 4.16. The molecule has 4 heteroatoms. The van der Waals surface area contributed by atoms with Gasteiger partial charge in [0.25, 0.3) is 0 Å². The average molecular weight is 319 g/mol. The van der Waals surface area contributed by atoms with Crippen LogP contribution in [-0.2, 0) is 6.54 Å². The topological polar surface area (TPSA) is 39.7 Å². The number of benzene rings is 1. The maximum Gasteiger partial charge on any atom is 0.191 e. The zero-order chi connectivity index (χ0) is 17.1. The molecule has 0 aliphatic carbocycles. The molecule has 1 unspecified atom stereocenters. The Bertz CT molecular complexity index is 466. The Labute approximate surface area is 142 Å². The fourth-order valence-electron chi connectivity index (χ4n) is 2.67. The van der Waals surface area contributed by atoms with E-state index in [0.717, 1.165) is 32.0 Å². The fourth-order valence-corrected chi connectivity index (χ4v) is 2.67. The van der Waals surface area contributed by atoms with Gasteiger partial charge >= 0.3 is 0 Å². The summed E-state index contributed by atoms with van der Waals surface area (Å²) in [6.45, 7) is 13.0. The van der Waals surface area contributed by atoms with Crippen LogP contribution in [0, 0.1) is 6.92 Å². The Hall–Kier alpha value is -1.55. The molecule has 23 heavy (non-hydrogen) atoms. The van der Waals surface area contributed by atoms with Crippen molar-refractivity contribution < 1.29 is 0 Å². The van der Waals surface area contributed by atoms with Gasteiger partial charge in [0.2, 0.25) is 0 Å². The van der Waals surface area contributed by atoms with Gasteiger partial charge in [-0.15, -0.1) is 0 Å². The number of hydrogen-bond donors (Lipinski definition) is 2. The molecular formula is C19H34N4. The van der Waals surface area contributed by atoms with Crippen molar-refractivity contribution in [2.75, 3.05) is 26.7 Å². The third kappa shape index (κ3) is 8.03. The van der Waals surface area contributed by atoms with Crippen LogP contribution < -0.4 is 10.6 Å². The number of nitrogens with one attached hydrogen (secondary N) is 2. The van der Waals surface area contributed by atoms with Crippen LogP contribution in [0.1, 0.15) is 44.7 Å². The summed E-state index contributed by atoms with van der Waals surface area (Å²) in [5.74, 6) is 0.877. The molecule has 0 aliphatic rings. The summed E-state index contributed by atoms with van der Waals surface area (Å²) in [5.41, 5.74) is 2.57. The van der Waals surface area contributed by atoms with Gasteiger partial charge in [-0.2, -0.15) is 0 Å². The number of nitrogens with zero attached hydrogens (tertiary/aromatic N) is 2. The predicted molar refractivity (Wildman–Crippen MR) is 101 cm³/mol. The molecule has 0 amide bonds. The summed E-state index contributed by atoms with van der Waals surface area (Å²) in [4.78, 5) is 6.79. The van der Waals surface area contributed by atoms with Crippen LogP contribution in [-0.4, -0.2) is 43.6 Å². The Kier molecular flexibility index (Phi) is 9.37. The third-order valence-corrected chi connectivity index (χ3v) is 4.16. The second kappa shape index (κ2) is 11.1. The molecule has 0 radical (unpaired) electrons. The van der Waals surface area contributed by atoms with Crippen LogP contribution in [0.5, 0.6) is 0 Å². The van der Waals surface area contributed by atoms with Crippen LogP contribution in [0.3, 0.4) is 0 Å². The van der Waals surface area contributed by atoms with E-state index in [1.54, 1.807) is 0 Å². The molecule has 2 N–H and O–H groups in total. The fraction of sp³-hybridized carbons (Fsp3) is 0.632. The Balaban J connectivity index is 2.32. The van der Waals surface area contributed by atoms with E-state index in [4.69, 9.17) is 0 Å². The monoisotopic (exact) mass is 318 g/mol. The lowest BCUT2D eigenvalue weighted by molar-refractivity contribution is 0.292. The summed E-state index contributed by atoms with van der Waals surface area (Å²) in [6, 6.07) is 8.98. The second-order valence-corrected chi connectivity index (χ2v) is 6.13. The molecule has 130 valence electrons. The van der Waals surface area contributed by atoms with E-state index in [9.17, 15) is 0 Å². The molecular weight excluding hydrogens is 284 g/mol. The molecule has 0 aromatic heterocycles. The van der Waals surface area contributed by atoms with Gasteiger partial charge in [-0.1, -0.05) is 43.7 Å². The second-order valence-electron chi connectivity index (χ2n) is 6.13. The van der Waals surface area contributed by atoms with Crippen molar-refractivity contribution in [3.05, 3.63) is 35.4 Å². The van der Waals surface area contributed by atoms with Gasteiger partial charge in [0.1, 0.15) is 0 Å². The lowest BCUT2D eigenvalue weighted by Gasteiger charge is -2.21. The highest BCUT2D eigenvalue weighted by Gasteiger charge is 2.06. The van der Waals surface area contributed by atoms with Gasteiger partial charge < -0.3 is 15.5 Å². The summed E-state index contributed by atoms with van der Waals surface area (Å²) in [5, 5.41) is 6.88. The van der Waals surface area contributed by atoms with E-state index < -0.39 is 0 Å². The van der Waals surface area contributed by atoms with Gasteiger partial charge in [-0.3, -0.25) is 4.99 Å². The summed E-state index contributed by atoms with van der Waals surface area (Å²) < 4.78 is 0. The van der Waals surface area contributed by atoms with Crippen molar-refractivity contribution in [3.63, 3.8) is 0 Å². The quantitative estimate of drug-likeness (QED) is 0.543. The predicted octanol–water partition coefficient (Wildman–Crippen LogP) is 3.17. The zero-order valence-corrected chi connectivity index (χ0v) is 15.5. The minimum absolute atomic E-state index is 0.425. The van der Waals surface area contributed by atoms with Crippen LogP contribution in [0.15, 0.2) is 29.3 Å². The molecule has 0 heterocycles. The first kappa shape index (κ1) is 19.5. The van der Waals surface area contributed by atoms with Gasteiger partial charge in [0.15, 0.2) is 5.96 Å². The standard InChI is InChI=1S/C19H34N4/c1-6-23(7-2)13-9-11-17(4)22-19(20-5)21-15-18-12-8-10-16(3)14-18/h8,10,12,14,17H,6-7,9,11,13,15H2,1-5H3,(H2,20,21,22). The molecule has 1 aromatic rings. The minimum Gasteiger partial charge on any atom is -0.354 e. The van der Waals surface area contributed by atoms with E-state index in [1.165, 1.54) is 24.1 Å². The molecule has 0 saturated carbocycles. The molecule has 0 aliphatic heterocycles. The molecule has 4 nitrogen and oxygen atoms in total. The highest BCUT2D eigenvalue weighted by atomic mass is 15.2. The Morgan fingerprint density at radius 1 is 1.26 bits per heavy atom. The lowest BCUT2D eigenvalue weighted by atomic mass is 10.1. The lowest BCUT2D eigenvalue weighted by Crippen LogP contribution is -2.42. The van der Waals surface area contributed by atoms with Gasteiger partial charge in [-0.05, 0) is 51.9 Å². The Morgan fingerprint density at radius 2 is 2.00 bits per heavy atom. The van der Waals surface area contributed by atoms with Crippen molar-refractivity contribution in [2.24, 2.45) is 4.99 Å². The van der Waals surface area contributed by atoms with E-state index in [1.807, 2.05) is 7.05 Å². The van der Waals surface area contributed by atoms with E-state index in [2.05, 4.69) is 72.5 Å². The van der Waals surface area contributed by atoms with Crippen molar-refractivity contribution >= 4 is 5.96 Å². The molecule has 1 atom stereocenters. The highest BCUT2D eigenvalue weighted by Crippen LogP contribution is 2.03. The number of hydrogen-bond acceptors (Lipinski definition) is 2. The van der Waals surface area contributed by atoms with Crippen molar-refractivity contribution in [1.29, 1.82) is 0 Å². The summed E-state index contributed by atoms with van der Waals surface area (Å²) in [7, 11) is 1.83. The first-order valence-corrected chi connectivity index (χ1v) is 8.84. The number of guanidine groups is 1. The summed E-state index contributed by atoms with van der Waals surface area (Å²) in [6.07, 6.45) is 2.37. The molecule has 0 spiro atoms. The van der Waals surface area contributed by atoms with Crippen molar-refractivity contribution in [1.82, 2.24) is 15.5 Å². The molecule has 0 fully saturated rings. The van der Waals surface area contributed by atoms with Gasteiger partial charge in [0, 0.05) is 19.6 Å². The van der Waals surface area contributed by atoms with Crippen LogP contribution in [0.25, 0.3) is 0 Å². The van der Waals surface area contributed by atoms with E-state index in [0.29, 0.717) is 6.04 Å². The SMILES string of the molecule is CCN(CC)CCCC(C)NC(=NC)NCc1cccc(C)c1. The number of aliphatic imine (C=N–C) groups is 1. The smallest absolute Gasteiger partial charge is 0.191 e. The molecule has 1 rings (SSSR count). The van der Waals surface area contributed by atoms with Crippen LogP contribution in [0.2, 0.25) is 0 Å². The first-order valence-electron chi connectivity index (χ1n) is 8.84. The van der Waals surface area contributed by atoms with Crippen molar-refractivity contribution in [3.8, 4) is 0 Å². The van der Waals surface area contributed by atoms with Gasteiger partial charge in [0.05, 0.1) is 0 Å². The molecule has 0 saturated heterocycles.